The van der Waals surface area contributed by atoms with Crippen LogP contribution < -0.4 is 5.32 Å². The Hall–Kier alpha value is -1.33. The standard InChI is InChI=1S/C13H16FN3S/c1-4-15-9(3)12-16-17-13(18-12)10-7-5-6-8(2)11(10)14/h5-7,9,15H,4H2,1-3H3. The summed E-state index contributed by atoms with van der Waals surface area (Å²) in [6.45, 7) is 6.69. The summed E-state index contributed by atoms with van der Waals surface area (Å²) in [6.07, 6.45) is 0. The first kappa shape index (κ1) is 13.1. The van der Waals surface area contributed by atoms with Crippen molar-refractivity contribution in [2.24, 2.45) is 0 Å². The molecule has 0 aliphatic carbocycles. The van der Waals surface area contributed by atoms with Gasteiger partial charge in [0.2, 0.25) is 0 Å². The zero-order chi connectivity index (χ0) is 13.1. The van der Waals surface area contributed by atoms with Crippen molar-refractivity contribution >= 4 is 11.3 Å². The van der Waals surface area contributed by atoms with Crippen molar-refractivity contribution in [1.29, 1.82) is 0 Å². The van der Waals surface area contributed by atoms with E-state index >= 15 is 0 Å². The molecule has 3 nitrogen and oxygen atoms in total. The molecule has 1 unspecified atom stereocenters. The Balaban J connectivity index is 2.32. The minimum absolute atomic E-state index is 0.147. The number of nitrogens with one attached hydrogen (secondary N) is 1. The molecule has 96 valence electrons. The molecule has 0 saturated heterocycles. The van der Waals surface area contributed by atoms with E-state index < -0.39 is 0 Å². The predicted molar refractivity (Wildman–Crippen MR) is 72.1 cm³/mol. The smallest absolute Gasteiger partial charge is 0.150 e. The first-order valence-electron chi connectivity index (χ1n) is 5.95. The van der Waals surface area contributed by atoms with Crippen LogP contribution in [-0.4, -0.2) is 16.7 Å². The van der Waals surface area contributed by atoms with Crippen LogP contribution in [0.5, 0.6) is 0 Å². The van der Waals surface area contributed by atoms with Gasteiger partial charge in [-0.3, -0.25) is 0 Å². The van der Waals surface area contributed by atoms with E-state index in [-0.39, 0.29) is 11.9 Å². The highest BCUT2D eigenvalue weighted by atomic mass is 32.1. The number of nitrogens with zero attached hydrogens (tertiary/aromatic N) is 2. The minimum Gasteiger partial charge on any atom is -0.308 e. The van der Waals surface area contributed by atoms with Crippen LogP contribution in [0.25, 0.3) is 10.6 Å². The van der Waals surface area contributed by atoms with E-state index in [0.717, 1.165) is 11.6 Å². The molecule has 5 heteroatoms. The number of aromatic nitrogens is 2. The SMILES string of the molecule is CCNC(C)c1nnc(-c2cccc(C)c2F)s1. The molecular formula is C13H16FN3S. The second-order valence-corrected chi connectivity index (χ2v) is 5.17. The van der Waals surface area contributed by atoms with Gasteiger partial charge in [-0.05, 0) is 32.0 Å². The van der Waals surface area contributed by atoms with Crippen molar-refractivity contribution in [3.8, 4) is 10.6 Å². The Labute approximate surface area is 110 Å². The first-order valence-corrected chi connectivity index (χ1v) is 6.77. The van der Waals surface area contributed by atoms with Gasteiger partial charge in [-0.2, -0.15) is 0 Å². The van der Waals surface area contributed by atoms with Crippen LogP contribution in [0.2, 0.25) is 0 Å². The van der Waals surface area contributed by atoms with Crippen molar-refractivity contribution in [3.63, 3.8) is 0 Å². The molecule has 1 heterocycles. The molecule has 1 N–H and O–H groups in total. The normalized spacial score (nSPS) is 12.7. The van der Waals surface area contributed by atoms with Gasteiger partial charge < -0.3 is 5.32 Å². The van der Waals surface area contributed by atoms with Crippen molar-refractivity contribution in [3.05, 3.63) is 34.6 Å². The Bertz CT molecular complexity index is 539. The highest BCUT2D eigenvalue weighted by molar-refractivity contribution is 7.14. The lowest BCUT2D eigenvalue weighted by molar-refractivity contribution is 0.589. The number of halogens is 1. The summed E-state index contributed by atoms with van der Waals surface area (Å²) in [4.78, 5) is 0. The van der Waals surface area contributed by atoms with E-state index in [2.05, 4.69) is 15.5 Å². The summed E-state index contributed by atoms with van der Waals surface area (Å²) in [5.41, 5.74) is 1.16. The number of hydrogen-bond donors (Lipinski definition) is 1. The second kappa shape index (κ2) is 5.54. The zero-order valence-electron chi connectivity index (χ0n) is 10.7. The lowest BCUT2D eigenvalue weighted by Gasteiger charge is -2.06. The number of hydrogen-bond acceptors (Lipinski definition) is 4. The van der Waals surface area contributed by atoms with Gasteiger partial charge in [-0.25, -0.2) is 4.39 Å². The monoisotopic (exact) mass is 265 g/mol. The van der Waals surface area contributed by atoms with Crippen LogP contribution in [0.1, 0.15) is 30.5 Å². The van der Waals surface area contributed by atoms with Gasteiger partial charge in [0, 0.05) is 5.56 Å². The Kier molecular flexibility index (Phi) is 4.04. The highest BCUT2D eigenvalue weighted by Crippen LogP contribution is 2.29. The molecule has 1 aromatic heterocycles. The molecule has 0 aliphatic rings. The highest BCUT2D eigenvalue weighted by Gasteiger charge is 2.15. The maximum Gasteiger partial charge on any atom is 0.150 e. The van der Waals surface area contributed by atoms with Crippen molar-refractivity contribution in [2.75, 3.05) is 6.54 Å². The maximum atomic E-state index is 14.0. The maximum absolute atomic E-state index is 14.0. The van der Waals surface area contributed by atoms with Gasteiger partial charge >= 0.3 is 0 Å². The molecule has 2 rings (SSSR count). The molecule has 0 saturated carbocycles. The van der Waals surface area contributed by atoms with Gasteiger partial charge in [0.1, 0.15) is 10.8 Å². The quantitative estimate of drug-likeness (QED) is 0.921. The first-order chi connectivity index (χ1) is 8.63. The fourth-order valence-electron chi connectivity index (χ4n) is 1.72. The Morgan fingerprint density at radius 3 is 2.89 bits per heavy atom. The van der Waals surface area contributed by atoms with Gasteiger partial charge in [0.05, 0.1) is 6.04 Å². The summed E-state index contributed by atoms with van der Waals surface area (Å²) >= 11 is 1.43. The van der Waals surface area contributed by atoms with E-state index in [4.69, 9.17) is 0 Å². The number of benzene rings is 1. The molecule has 2 aromatic rings. The van der Waals surface area contributed by atoms with E-state index in [1.807, 2.05) is 19.9 Å². The fraction of sp³-hybridized carbons (Fsp3) is 0.385. The number of rotatable bonds is 4. The summed E-state index contributed by atoms with van der Waals surface area (Å²) < 4.78 is 14.0. The zero-order valence-corrected chi connectivity index (χ0v) is 11.5. The van der Waals surface area contributed by atoms with E-state index in [1.54, 1.807) is 19.1 Å². The fourth-order valence-corrected chi connectivity index (χ4v) is 2.61. The predicted octanol–water partition coefficient (Wildman–Crippen LogP) is 3.32. The van der Waals surface area contributed by atoms with Crippen LogP contribution in [0.3, 0.4) is 0 Å². The average molecular weight is 265 g/mol. The van der Waals surface area contributed by atoms with E-state index in [1.165, 1.54) is 11.3 Å². The van der Waals surface area contributed by atoms with Crippen LogP contribution in [-0.2, 0) is 0 Å². The van der Waals surface area contributed by atoms with Crippen LogP contribution in [0, 0.1) is 12.7 Å². The molecule has 0 spiro atoms. The molecule has 1 atom stereocenters. The molecule has 0 bridgehead atoms. The second-order valence-electron chi connectivity index (χ2n) is 4.16. The van der Waals surface area contributed by atoms with Crippen molar-refractivity contribution in [2.45, 2.75) is 26.8 Å². The third-order valence-electron chi connectivity index (χ3n) is 2.74. The lowest BCUT2D eigenvalue weighted by atomic mass is 10.1. The molecule has 0 fully saturated rings. The molecule has 18 heavy (non-hydrogen) atoms. The molecule has 0 radical (unpaired) electrons. The van der Waals surface area contributed by atoms with Crippen LogP contribution >= 0.6 is 11.3 Å². The lowest BCUT2D eigenvalue weighted by Crippen LogP contribution is -2.17. The van der Waals surface area contributed by atoms with Crippen molar-refractivity contribution < 1.29 is 4.39 Å². The summed E-state index contributed by atoms with van der Waals surface area (Å²) in [7, 11) is 0. The van der Waals surface area contributed by atoms with Crippen molar-refractivity contribution in [1.82, 2.24) is 15.5 Å². The van der Waals surface area contributed by atoms with Crippen LogP contribution in [0.15, 0.2) is 18.2 Å². The largest absolute Gasteiger partial charge is 0.308 e. The van der Waals surface area contributed by atoms with Gasteiger partial charge in [-0.1, -0.05) is 30.4 Å². The van der Waals surface area contributed by atoms with E-state index in [0.29, 0.717) is 16.1 Å². The molecular weight excluding hydrogens is 249 g/mol. The summed E-state index contributed by atoms with van der Waals surface area (Å²) in [5, 5.41) is 13.0. The third-order valence-corrected chi connectivity index (χ3v) is 3.88. The van der Waals surface area contributed by atoms with Crippen LogP contribution in [0.4, 0.5) is 4.39 Å². The van der Waals surface area contributed by atoms with Gasteiger partial charge in [0.15, 0.2) is 5.01 Å². The minimum atomic E-state index is -0.212. The van der Waals surface area contributed by atoms with Gasteiger partial charge in [0.25, 0.3) is 0 Å². The average Bonchev–Trinajstić information content (AvgIpc) is 2.82. The topological polar surface area (TPSA) is 37.8 Å². The molecule has 1 aromatic carbocycles. The Morgan fingerprint density at radius 2 is 2.17 bits per heavy atom. The Morgan fingerprint density at radius 1 is 1.39 bits per heavy atom. The van der Waals surface area contributed by atoms with E-state index in [9.17, 15) is 4.39 Å². The summed E-state index contributed by atoms with van der Waals surface area (Å²) in [5.74, 6) is -0.212. The summed E-state index contributed by atoms with van der Waals surface area (Å²) in [6, 6.07) is 5.48. The number of aryl methyl sites for hydroxylation is 1. The third kappa shape index (κ3) is 2.57. The molecule has 0 amide bonds. The van der Waals surface area contributed by atoms with Gasteiger partial charge in [-0.15, -0.1) is 10.2 Å². The molecule has 0 aliphatic heterocycles.